The number of hydrogen-bond donors (Lipinski definition) is 1. The Morgan fingerprint density at radius 2 is 1.47 bits per heavy atom. The van der Waals surface area contributed by atoms with Crippen LogP contribution in [-0.4, -0.2) is 27.5 Å². The largest absolute Gasteiger partial charge is 0.492 e. The molecule has 196 valence electrons. The first-order valence-corrected chi connectivity index (χ1v) is 13.7. The summed E-state index contributed by atoms with van der Waals surface area (Å²) in [6.45, 7) is 4.03. The first kappa shape index (κ1) is 26.8. The molecule has 0 aliphatic rings. The molecule has 38 heavy (non-hydrogen) atoms. The molecule has 0 spiro atoms. The molecule has 0 aromatic heterocycles. The highest BCUT2D eigenvalue weighted by molar-refractivity contribution is 7.92. The highest BCUT2D eigenvalue weighted by Crippen LogP contribution is 2.32. The third-order valence-corrected chi connectivity index (χ3v) is 7.49. The highest BCUT2D eigenvalue weighted by atomic mass is 32.2. The van der Waals surface area contributed by atoms with Crippen molar-refractivity contribution in [2.75, 3.05) is 22.8 Å². The smallest absolute Gasteiger partial charge is 0.264 e. The van der Waals surface area contributed by atoms with E-state index in [0.717, 1.165) is 15.4 Å². The molecule has 0 saturated heterocycles. The van der Waals surface area contributed by atoms with Gasteiger partial charge in [0, 0.05) is 5.69 Å². The molecule has 8 heteroatoms. The Labute approximate surface area is 223 Å². The SMILES string of the molecule is CCOc1ccccc1N(CC(=O)Nc1ccc(OCc2ccccc2)cc1)S(=O)(=O)c1ccc(C)cc1. The molecule has 0 bridgehead atoms. The van der Waals surface area contributed by atoms with Gasteiger partial charge in [0.1, 0.15) is 24.7 Å². The van der Waals surface area contributed by atoms with Crippen molar-refractivity contribution in [2.24, 2.45) is 0 Å². The molecule has 7 nitrogen and oxygen atoms in total. The van der Waals surface area contributed by atoms with E-state index >= 15 is 0 Å². The van der Waals surface area contributed by atoms with Gasteiger partial charge in [-0.15, -0.1) is 0 Å². The van der Waals surface area contributed by atoms with Gasteiger partial charge in [0.05, 0.1) is 17.2 Å². The molecule has 0 aliphatic heterocycles. The van der Waals surface area contributed by atoms with Gasteiger partial charge in [-0.3, -0.25) is 9.10 Å². The Morgan fingerprint density at radius 3 is 2.16 bits per heavy atom. The fraction of sp³-hybridized carbons (Fsp3) is 0.167. The maximum absolute atomic E-state index is 13.7. The topological polar surface area (TPSA) is 84.9 Å². The number of ether oxygens (including phenoxy) is 2. The van der Waals surface area contributed by atoms with Gasteiger partial charge in [-0.1, -0.05) is 60.2 Å². The number of aryl methyl sites for hydroxylation is 1. The zero-order valence-corrected chi connectivity index (χ0v) is 22.1. The first-order valence-electron chi connectivity index (χ1n) is 12.2. The maximum atomic E-state index is 13.7. The van der Waals surface area contributed by atoms with Crippen molar-refractivity contribution in [3.05, 3.63) is 114 Å². The molecular formula is C30H30N2O5S. The third kappa shape index (κ3) is 6.72. The van der Waals surface area contributed by atoms with Gasteiger partial charge in [0.25, 0.3) is 10.0 Å². The van der Waals surface area contributed by atoms with Crippen LogP contribution in [0, 0.1) is 6.92 Å². The minimum atomic E-state index is -4.07. The van der Waals surface area contributed by atoms with E-state index in [9.17, 15) is 13.2 Å². The number of para-hydroxylation sites is 2. The quantitative estimate of drug-likeness (QED) is 0.265. The summed E-state index contributed by atoms with van der Waals surface area (Å²) in [5.74, 6) is 0.532. The lowest BCUT2D eigenvalue weighted by molar-refractivity contribution is -0.114. The summed E-state index contributed by atoms with van der Waals surface area (Å²) in [5, 5.41) is 2.79. The van der Waals surface area contributed by atoms with E-state index < -0.39 is 22.5 Å². The molecular weight excluding hydrogens is 500 g/mol. The monoisotopic (exact) mass is 530 g/mol. The summed E-state index contributed by atoms with van der Waals surface area (Å²) in [7, 11) is -4.07. The molecule has 0 heterocycles. The summed E-state index contributed by atoms with van der Waals surface area (Å²) in [4.78, 5) is 13.2. The molecule has 1 amide bonds. The van der Waals surface area contributed by atoms with Crippen LogP contribution in [0.25, 0.3) is 0 Å². The third-order valence-electron chi connectivity index (χ3n) is 5.72. The normalized spacial score (nSPS) is 11.0. The predicted octanol–water partition coefficient (Wildman–Crippen LogP) is 5.81. The first-order chi connectivity index (χ1) is 18.4. The van der Waals surface area contributed by atoms with Gasteiger partial charge in [-0.2, -0.15) is 0 Å². The van der Waals surface area contributed by atoms with Crippen LogP contribution in [0.15, 0.2) is 108 Å². The number of nitrogens with one attached hydrogen (secondary N) is 1. The number of nitrogens with zero attached hydrogens (tertiary/aromatic N) is 1. The summed E-state index contributed by atoms with van der Waals surface area (Å²) in [5.41, 5.74) is 2.79. The van der Waals surface area contributed by atoms with E-state index in [-0.39, 0.29) is 10.6 Å². The molecule has 0 unspecified atom stereocenters. The van der Waals surface area contributed by atoms with E-state index in [1.54, 1.807) is 60.7 Å². The van der Waals surface area contributed by atoms with Crippen molar-refractivity contribution in [1.82, 2.24) is 0 Å². The predicted molar refractivity (Wildman–Crippen MR) is 149 cm³/mol. The van der Waals surface area contributed by atoms with Crippen LogP contribution in [0.1, 0.15) is 18.1 Å². The van der Waals surface area contributed by atoms with E-state index in [4.69, 9.17) is 9.47 Å². The number of sulfonamides is 1. The van der Waals surface area contributed by atoms with Gasteiger partial charge in [-0.25, -0.2) is 8.42 Å². The molecule has 0 aliphatic carbocycles. The number of carbonyl (C=O) groups is 1. The lowest BCUT2D eigenvalue weighted by Crippen LogP contribution is -2.38. The Morgan fingerprint density at radius 1 is 0.816 bits per heavy atom. The second-order valence-corrected chi connectivity index (χ2v) is 10.4. The fourth-order valence-electron chi connectivity index (χ4n) is 3.78. The molecule has 0 radical (unpaired) electrons. The van der Waals surface area contributed by atoms with Crippen LogP contribution < -0.4 is 19.1 Å². The van der Waals surface area contributed by atoms with Crippen LogP contribution >= 0.6 is 0 Å². The van der Waals surface area contributed by atoms with Crippen molar-refractivity contribution in [2.45, 2.75) is 25.3 Å². The minimum Gasteiger partial charge on any atom is -0.492 e. The molecule has 4 aromatic rings. The van der Waals surface area contributed by atoms with E-state index in [2.05, 4.69) is 5.32 Å². The van der Waals surface area contributed by atoms with Crippen molar-refractivity contribution >= 4 is 27.3 Å². The zero-order chi connectivity index (χ0) is 27.0. The zero-order valence-electron chi connectivity index (χ0n) is 21.3. The van der Waals surface area contributed by atoms with Gasteiger partial charge in [0.2, 0.25) is 5.91 Å². The van der Waals surface area contributed by atoms with Crippen molar-refractivity contribution < 1.29 is 22.7 Å². The Balaban J connectivity index is 1.52. The van der Waals surface area contributed by atoms with Crippen LogP contribution in [0.4, 0.5) is 11.4 Å². The van der Waals surface area contributed by atoms with E-state index in [1.165, 1.54) is 12.1 Å². The van der Waals surface area contributed by atoms with Gasteiger partial charge in [-0.05, 0) is 67.9 Å². The van der Waals surface area contributed by atoms with Crippen LogP contribution in [-0.2, 0) is 21.4 Å². The molecule has 4 aromatic carbocycles. The lowest BCUT2D eigenvalue weighted by atomic mass is 10.2. The second-order valence-electron chi connectivity index (χ2n) is 8.57. The number of rotatable bonds is 11. The standard InChI is InChI=1S/C30H30N2O5S/c1-3-36-29-12-8-7-11-28(29)32(38(34,35)27-19-13-23(2)14-20-27)21-30(33)31-25-15-17-26(18-16-25)37-22-24-9-5-4-6-10-24/h4-20H,3,21-22H2,1-2H3,(H,31,33). The summed E-state index contributed by atoms with van der Waals surface area (Å²) in [6, 6.07) is 30.0. The van der Waals surface area contributed by atoms with Crippen molar-refractivity contribution in [1.29, 1.82) is 0 Å². The van der Waals surface area contributed by atoms with Gasteiger partial charge < -0.3 is 14.8 Å². The maximum Gasteiger partial charge on any atom is 0.264 e. The second kappa shape index (κ2) is 12.3. The number of hydrogen-bond acceptors (Lipinski definition) is 5. The highest BCUT2D eigenvalue weighted by Gasteiger charge is 2.29. The summed E-state index contributed by atoms with van der Waals surface area (Å²) < 4.78 is 40.0. The summed E-state index contributed by atoms with van der Waals surface area (Å²) in [6.07, 6.45) is 0. The molecule has 0 atom stereocenters. The Hall–Kier alpha value is -4.30. The molecule has 0 saturated carbocycles. The van der Waals surface area contributed by atoms with Gasteiger partial charge >= 0.3 is 0 Å². The average molecular weight is 531 g/mol. The molecule has 4 rings (SSSR count). The van der Waals surface area contributed by atoms with Crippen molar-refractivity contribution in [3.8, 4) is 11.5 Å². The van der Waals surface area contributed by atoms with E-state index in [0.29, 0.717) is 30.4 Å². The van der Waals surface area contributed by atoms with Crippen LogP contribution in [0.3, 0.4) is 0 Å². The minimum absolute atomic E-state index is 0.0853. The van der Waals surface area contributed by atoms with E-state index in [1.807, 2.05) is 44.2 Å². The number of amides is 1. The number of carbonyl (C=O) groups excluding carboxylic acids is 1. The Kier molecular flexibility index (Phi) is 8.66. The number of benzene rings is 4. The lowest BCUT2D eigenvalue weighted by Gasteiger charge is -2.26. The number of anilines is 2. The van der Waals surface area contributed by atoms with Crippen LogP contribution in [0.2, 0.25) is 0 Å². The van der Waals surface area contributed by atoms with Crippen LogP contribution in [0.5, 0.6) is 11.5 Å². The Bertz CT molecular complexity index is 1460. The van der Waals surface area contributed by atoms with Crippen molar-refractivity contribution in [3.63, 3.8) is 0 Å². The summed E-state index contributed by atoms with van der Waals surface area (Å²) >= 11 is 0. The molecule has 1 N–H and O–H groups in total. The fourth-order valence-corrected chi connectivity index (χ4v) is 5.22. The molecule has 0 fully saturated rings. The van der Waals surface area contributed by atoms with Gasteiger partial charge in [0.15, 0.2) is 0 Å². The average Bonchev–Trinajstić information content (AvgIpc) is 2.93.